The third-order valence-electron chi connectivity index (χ3n) is 6.96. The van der Waals surface area contributed by atoms with Gasteiger partial charge in [0.1, 0.15) is 22.5 Å². The first-order valence-corrected chi connectivity index (χ1v) is 12.0. The van der Waals surface area contributed by atoms with Crippen LogP contribution in [0.5, 0.6) is 5.75 Å². The largest absolute Gasteiger partial charge is 0.506 e. The Morgan fingerprint density at radius 1 is 0.818 bits per heavy atom. The van der Waals surface area contributed by atoms with Gasteiger partial charge >= 0.3 is 0 Å². The van der Waals surface area contributed by atoms with Crippen LogP contribution in [0.15, 0.2) is 66.7 Å². The van der Waals surface area contributed by atoms with Crippen LogP contribution in [-0.2, 0) is 10.8 Å². The van der Waals surface area contributed by atoms with Crippen LogP contribution in [0.4, 0.5) is 0 Å². The van der Waals surface area contributed by atoms with Crippen molar-refractivity contribution in [1.29, 1.82) is 0 Å². The number of hydrogen-bond acceptors (Lipinski definition) is 3. The normalized spacial score (nSPS) is 12.4. The summed E-state index contributed by atoms with van der Waals surface area (Å²) in [5.41, 5.74) is 5.63. The molecule has 4 rings (SSSR count). The van der Waals surface area contributed by atoms with Crippen molar-refractivity contribution in [2.75, 3.05) is 0 Å². The van der Waals surface area contributed by atoms with Crippen molar-refractivity contribution in [3.05, 3.63) is 83.4 Å². The van der Waals surface area contributed by atoms with Crippen molar-refractivity contribution in [3.63, 3.8) is 0 Å². The molecule has 4 aromatic rings. The van der Waals surface area contributed by atoms with Crippen LogP contribution in [0.3, 0.4) is 0 Å². The lowest BCUT2D eigenvalue weighted by Gasteiger charge is -2.26. The van der Waals surface area contributed by atoms with Gasteiger partial charge < -0.3 is 5.11 Å². The van der Waals surface area contributed by atoms with Gasteiger partial charge in [0.2, 0.25) is 0 Å². The molecule has 33 heavy (non-hydrogen) atoms. The zero-order chi connectivity index (χ0) is 23.6. The molecule has 0 aliphatic carbocycles. The van der Waals surface area contributed by atoms with Crippen molar-refractivity contribution in [2.24, 2.45) is 0 Å². The van der Waals surface area contributed by atoms with Gasteiger partial charge in [-0.3, -0.25) is 0 Å². The second-order valence-electron chi connectivity index (χ2n) is 10.2. The highest BCUT2D eigenvalue weighted by Crippen LogP contribution is 2.36. The first-order chi connectivity index (χ1) is 15.7. The molecule has 0 aliphatic heterocycles. The Bertz CT molecular complexity index is 1240. The van der Waals surface area contributed by atoms with Crippen LogP contribution in [0.1, 0.15) is 77.0 Å². The van der Waals surface area contributed by atoms with E-state index in [-0.39, 0.29) is 16.6 Å². The number of rotatable bonds is 8. The molecule has 0 aliphatic rings. The zero-order valence-electron chi connectivity index (χ0n) is 20.5. The minimum atomic E-state index is -0.229. The van der Waals surface area contributed by atoms with Gasteiger partial charge in [0, 0.05) is 5.41 Å². The van der Waals surface area contributed by atoms with E-state index in [9.17, 15) is 5.11 Å². The molecular formula is C29H35N3O. The van der Waals surface area contributed by atoms with Gasteiger partial charge in [-0.2, -0.15) is 0 Å². The highest BCUT2D eigenvalue weighted by molar-refractivity contribution is 5.80. The fourth-order valence-corrected chi connectivity index (χ4v) is 4.62. The van der Waals surface area contributed by atoms with Crippen LogP contribution in [-0.4, -0.2) is 20.1 Å². The van der Waals surface area contributed by atoms with Crippen molar-refractivity contribution in [1.82, 2.24) is 15.0 Å². The maximum absolute atomic E-state index is 10.7. The number of fused-ring (bicyclic) bond motifs is 1. The van der Waals surface area contributed by atoms with E-state index in [0.717, 1.165) is 23.0 Å². The quantitative estimate of drug-likeness (QED) is 0.292. The highest BCUT2D eigenvalue weighted by atomic mass is 16.3. The van der Waals surface area contributed by atoms with Crippen molar-refractivity contribution in [2.45, 2.75) is 71.1 Å². The molecule has 0 radical (unpaired) electrons. The standard InChI is InChI=1S/C29H35N3O/c1-6-7-11-19-28(2,3)22-17-18-26(33)25(20-22)32-30-24-16-12-15-23(27(24)31-32)29(4,5)21-13-9-8-10-14-21/h8-10,12-18,20,33H,6-7,11,19H2,1-5H3. The number of aromatic hydroxyl groups is 1. The van der Waals surface area contributed by atoms with Gasteiger partial charge in [0.25, 0.3) is 0 Å². The first-order valence-electron chi connectivity index (χ1n) is 12.0. The van der Waals surface area contributed by atoms with Gasteiger partial charge in [-0.15, -0.1) is 15.0 Å². The zero-order valence-corrected chi connectivity index (χ0v) is 20.5. The second kappa shape index (κ2) is 9.01. The molecule has 0 saturated heterocycles. The van der Waals surface area contributed by atoms with E-state index < -0.39 is 0 Å². The number of phenolic OH excluding ortho intramolecular Hbond substituents is 1. The molecule has 0 unspecified atom stereocenters. The summed E-state index contributed by atoms with van der Waals surface area (Å²) >= 11 is 0. The van der Waals surface area contributed by atoms with Gasteiger partial charge in [-0.25, -0.2) is 0 Å². The number of aromatic nitrogens is 3. The molecule has 0 amide bonds. The Balaban J connectivity index is 1.77. The predicted molar refractivity (Wildman–Crippen MR) is 136 cm³/mol. The molecule has 4 nitrogen and oxygen atoms in total. The summed E-state index contributed by atoms with van der Waals surface area (Å²) in [5, 5.41) is 20.3. The van der Waals surface area contributed by atoms with E-state index in [1.165, 1.54) is 30.4 Å². The average molecular weight is 442 g/mol. The molecular weight excluding hydrogens is 406 g/mol. The highest BCUT2D eigenvalue weighted by Gasteiger charge is 2.27. The summed E-state index contributed by atoms with van der Waals surface area (Å²) in [6.07, 6.45) is 4.75. The van der Waals surface area contributed by atoms with E-state index in [1.807, 2.05) is 30.3 Å². The fraction of sp³-hybridized carbons (Fsp3) is 0.379. The van der Waals surface area contributed by atoms with Gasteiger partial charge in [-0.1, -0.05) is 102 Å². The Hall–Kier alpha value is -3.14. The minimum absolute atomic E-state index is 0.0185. The third kappa shape index (κ3) is 4.52. The van der Waals surface area contributed by atoms with Crippen LogP contribution in [0.2, 0.25) is 0 Å². The molecule has 4 heteroatoms. The number of hydrogen-bond donors (Lipinski definition) is 1. The summed E-state index contributed by atoms with van der Waals surface area (Å²) in [7, 11) is 0. The van der Waals surface area contributed by atoms with Gasteiger partial charge in [-0.05, 0) is 46.7 Å². The summed E-state index contributed by atoms with van der Waals surface area (Å²) in [4.78, 5) is 1.59. The van der Waals surface area contributed by atoms with Gasteiger partial charge in [0.05, 0.1) is 0 Å². The van der Waals surface area contributed by atoms with Crippen molar-refractivity contribution in [3.8, 4) is 11.4 Å². The lowest BCUT2D eigenvalue weighted by atomic mass is 9.77. The van der Waals surface area contributed by atoms with Crippen LogP contribution < -0.4 is 0 Å². The lowest BCUT2D eigenvalue weighted by molar-refractivity contribution is 0.444. The van der Waals surface area contributed by atoms with E-state index in [4.69, 9.17) is 10.2 Å². The molecule has 0 saturated carbocycles. The lowest BCUT2D eigenvalue weighted by Crippen LogP contribution is -2.19. The molecule has 0 bridgehead atoms. The molecule has 172 valence electrons. The summed E-state index contributed by atoms with van der Waals surface area (Å²) < 4.78 is 0. The smallest absolute Gasteiger partial charge is 0.143 e. The van der Waals surface area contributed by atoms with E-state index in [0.29, 0.717) is 5.69 Å². The molecule has 1 aromatic heterocycles. The minimum Gasteiger partial charge on any atom is -0.506 e. The third-order valence-corrected chi connectivity index (χ3v) is 6.96. The molecule has 3 aromatic carbocycles. The summed E-state index contributed by atoms with van der Waals surface area (Å²) in [5.74, 6) is 0.187. The first kappa shape index (κ1) is 23.0. The Labute approximate surface area is 197 Å². The Morgan fingerprint density at radius 3 is 2.30 bits per heavy atom. The maximum Gasteiger partial charge on any atom is 0.143 e. The van der Waals surface area contributed by atoms with E-state index >= 15 is 0 Å². The van der Waals surface area contributed by atoms with Crippen LogP contribution in [0.25, 0.3) is 16.7 Å². The molecule has 0 spiro atoms. The van der Waals surface area contributed by atoms with Crippen molar-refractivity contribution < 1.29 is 5.11 Å². The van der Waals surface area contributed by atoms with Crippen molar-refractivity contribution >= 4 is 11.0 Å². The number of unbranched alkanes of at least 4 members (excludes halogenated alkanes) is 2. The molecule has 0 atom stereocenters. The Morgan fingerprint density at radius 2 is 1.58 bits per heavy atom. The summed E-state index contributed by atoms with van der Waals surface area (Å²) in [6.45, 7) is 11.2. The SMILES string of the molecule is CCCCCC(C)(C)c1ccc(O)c(-n2nc3cccc(C(C)(C)c4ccccc4)c3n2)c1. The van der Waals surface area contributed by atoms with Crippen LogP contribution in [0, 0.1) is 0 Å². The molecule has 1 heterocycles. The van der Waals surface area contributed by atoms with E-state index in [1.54, 1.807) is 10.9 Å². The molecule has 1 N–H and O–H groups in total. The topological polar surface area (TPSA) is 50.9 Å². The summed E-state index contributed by atoms with van der Waals surface area (Å²) in [6, 6.07) is 22.5. The number of nitrogens with zero attached hydrogens (tertiary/aromatic N) is 3. The number of benzene rings is 3. The Kier molecular flexibility index (Phi) is 6.29. The van der Waals surface area contributed by atoms with E-state index in [2.05, 4.69) is 65.0 Å². The average Bonchev–Trinajstić information content (AvgIpc) is 3.24. The predicted octanol–water partition coefficient (Wildman–Crippen LogP) is 7.31. The van der Waals surface area contributed by atoms with Gasteiger partial charge in [0.15, 0.2) is 0 Å². The number of phenols is 1. The van der Waals surface area contributed by atoms with Crippen LogP contribution >= 0.6 is 0 Å². The molecule has 0 fully saturated rings. The monoisotopic (exact) mass is 441 g/mol. The second-order valence-corrected chi connectivity index (χ2v) is 10.2. The maximum atomic E-state index is 10.7. The fourth-order valence-electron chi connectivity index (χ4n) is 4.62.